The molecule has 190 valence electrons. The fourth-order valence-corrected chi connectivity index (χ4v) is 6.17. The Bertz CT molecular complexity index is 1520. The minimum absolute atomic E-state index is 0.123. The minimum atomic E-state index is 0.123. The molecule has 0 radical (unpaired) electrons. The maximum absolute atomic E-state index is 13.5. The van der Waals surface area contributed by atoms with E-state index in [0.717, 1.165) is 44.3 Å². The predicted molar refractivity (Wildman–Crippen MR) is 160 cm³/mol. The van der Waals surface area contributed by atoms with E-state index in [1.54, 1.807) is 0 Å². The van der Waals surface area contributed by atoms with Crippen LogP contribution in [0.25, 0.3) is 32.7 Å². The highest BCUT2D eigenvalue weighted by Crippen LogP contribution is 2.52. The summed E-state index contributed by atoms with van der Waals surface area (Å²) in [6.07, 6.45) is 4.28. The Balaban J connectivity index is 1.47. The molecule has 6 rings (SSSR count). The van der Waals surface area contributed by atoms with E-state index in [1.165, 1.54) is 49.4 Å². The lowest BCUT2D eigenvalue weighted by Gasteiger charge is -2.23. The number of carbonyl (C=O) groups is 1. The first-order valence-electron chi connectivity index (χ1n) is 14.1. The number of fused-ring (bicyclic) bond motifs is 7. The van der Waals surface area contributed by atoms with Gasteiger partial charge in [-0.1, -0.05) is 112 Å². The van der Waals surface area contributed by atoms with Gasteiger partial charge in [0.15, 0.2) is 0 Å². The molecule has 0 atom stereocenters. The smallest absolute Gasteiger partial charge is 0.253 e. The number of nitrogens with zero attached hydrogens (tertiary/aromatic N) is 1. The van der Waals surface area contributed by atoms with Gasteiger partial charge in [0.2, 0.25) is 0 Å². The Hall–Kier alpha value is -3.91. The molecule has 0 aromatic heterocycles. The molecule has 0 unspecified atom stereocenters. The van der Waals surface area contributed by atoms with Crippen LogP contribution in [0.2, 0.25) is 0 Å². The van der Waals surface area contributed by atoms with Gasteiger partial charge < -0.3 is 4.90 Å². The Kier molecular flexibility index (Phi) is 6.72. The third-order valence-corrected chi connectivity index (χ3v) is 8.15. The second kappa shape index (κ2) is 10.5. The quantitative estimate of drug-likeness (QED) is 0.205. The lowest BCUT2D eigenvalue weighted by Crippen LogP contribution is -2.32. The summed E-state index contributed by atoms with van der Waals surface area (Å²) in [6, 6.07) is 35.0. The van der Waals surface area contributed by atoms with Crippen LogP contribution in [0.15, 0.2) is 97.1 Å². The molecule has 0 fully saturated rings. The lowest BCUT2D eigenvalue weighted by atomic mass is 9.84. The highest BCUT2D eigenvalue weighted by Gasteiger charge is 2.33. The van der Waals surface area contributed by atoms with Crippen LogP contribution >= 0.6 is 0 Å². The zero-order chi connectivity index (χ0) is 26.1. The van der Waals surface area contributed by atoms with Crippen molar-refractivity contribution in [1.29, 1.82) is 0 Å². The van der Waals surface area contributed by atoms with Gasteiger partial charge in [-0.15, -0.1) is 0 Å². The van der Waals surface area contributed by atoms with Crippen molar-refractivity contribution in [3.05, 3.63) is 119 Å². The number of unbranched alkanes of at least 4 members (excludes halogenated alkanes) is 2. The molecule has 38 heavy (non-hydrogen) atoms. The van der Waals surface area contributed by atoms with Crippen LogP contribution in [0.4, 0.5) is 0 Å². The van der Waals surface area contributed by atoms with Gasteiger partial charge in [0.05, 0.1) is 0 Å². The first kappa shape index (κ1) is 24.4. The minimum Gasteiger partial charge on any atom is -0.339 e. The summed E-state index contributed by atoms with van der Waals surface area (Å²) in [5, 5.41) is 5.15. The van der Waals surface area contributed by atoms with Gasteiger partial charge in [0.25, 0.3) is 5.91 Å². The Morgan fingerprint density at radius 2 is 1.13 bits per heavy atom. The van der Waals surface area contributed by atoms with Crippen LogP contribution < -0.4 is 0 Å². The summed E-state index contributed by atoms with van der Waals surface area (Å²) >= 11 is 0. The van der Waals surface area contributed by atoms with E-state index in [1.807, 2.05) is 4.90 Å². The molecule has 0 saturated heterocycles. The fraction of sp³-hybridized carbons (Fsp3) is 0.250. The molecule has 1 amide bonds. The lowest BCUT2D eigenvalue weighted by molar-refractivity contribution is 0.0751. The molecule has 2 heteroatoms. The van der Waals surface area contributed by atoms with E-state index < -0.39 is 0 Å². The Morgan fingerprint density at radius 1 is 0.632 bits per heavy atom. The number of carbonyl (C=O) groups excluding carboxylic acids is 1. The van der Waals surface area contributed by atoms with Crippen LogP contribution in [0.3, 0.4) is 0 Å². The molecule has 0 bridgehead atoms. The van der Waals surface area contributed by atoms with Gasteiger partial charge >= 0.3 is 0 Å². The molecular formula is C36H35NO. The molecule has 5 aromatic carbocycles. The second-order valence-electron chi connectivity index (χ2n) is 10.6. The summed E-state index contributed by atoms with van der Waals surface area (Å²) in [7, 11) is 0. The van der Waals surface area contributed by atoms with E-state index >= 15 is 0 Å². The van der Waals surface area contributed by atoms with Crippen molar-refractivity contribution in [3.8, 4) is 11.1 Å². The van der Waals surface area contributed by atoms with Crippen LogP contribution in [0.5, 0.6) is 0 Å². The van der Waals surface area contributed by atoms with Crippen molar-refractivity contribution < 1.29 is 4.79 Å². The Morgan fingerprint density at radius 3 is 1.63 bits per heavy atom. The zero-order valence-corrected chi connectivity index (χ0v) is 22.4. The van der Waals surface area contributed by atoms with E-state index in [4.69, 9.17) is 0 Å². The van der Waals surface area contributed by atoms with Crippen molar-refractivity contribution in [1.82, 2.24) is 4.90 Å². The third kappa shape index (κ3) is 4.19. The average molecular weight is 498 g/mol. The first-order valence-corrected chi connectivity index (χ1v) is 14.1. The van der Waals surface area contributed by atoms with Gasteiger partial charge in [-0.3, -0.25) is 4.79 Å². The molecule has 1 aliphatic rings. The summed E-state index contributed by atoms with van der Waals surface area (Å²) in [6.45, 7) is 6.03. The second-order valence-corrected chi connectivity index (χ2v) is 10.6. The SMILES string of the molecule is CCCCN(CCCC)C(=O)c1ccc(C2c3c(ccc4ccccc34)-c3ccc4ccccc4c32)cc1. The molecule has 0 heterocycles. The van der Waals surface area contributed by atoms with Crippen molar-refractivity contribution in [2.45, 2.75) is 45.4 Å². The topological polar surface area (TPSA) is 20.3 Å². The monoisotopic (exact) mass is 497 g/mol. The molecular weight excluding hydrogens is 462 g/mol. The van der Waals surface area contributed by atoms with Crippen molar-refractivity contribution in [2.75, 3.05) is 13.1 Å². The molecule has 1 aliphatic carbocycles. The van der Waals surface area contributed by atoms with Crippen LogP contribution in [0, 0.1) is 0 Å². The third-order valence-electron chi connectivity index (χ3n) is 8.15. The molecule has 0 saturated carbocycles. The standard InChI is InChI=1S/C36H35NO/c1-3-5-23-37(24-6-4-2)36(38)28-17-15-27(16-18-28)33-34-29-13-9-7-11-25(29)19-21-31(34)32-22-20-26-12-8-10-14-30(26)35(32)33/h7-22,33H,3-6,23-24H2,1-2H3. The van der Waals surface area contributed by atoms with Gasteiger partial charge in [-0.2, -0.15) is 0 Å². The summed E-state index contributed by atoms with van der Waals surface area (Å²) in [5.41, 5.74) is 7.42. The van der Waals surface area contributed by atoms with Crippen LogP contribution in [-0.4, -0.2) is 23.9 Å². The number of benzene rings is 5. The number of amides is 1. The molecule has 5 aromatic rings. The number of hydrogen-bond donors (Lipinski definition) is 0. The fourth-order valence-electron chi connectivity index (χ4n) is 6.17. The maximum atomic E-state index is 13.5. The molecule has 0 spiro atoms. The summed E-state index contributed by atoms with van der Waals surface area (Å²) < 4.78 is 0. The normalized spacial score (nSPS) is 12.6. The van der Waals surface area contributed by atoms with Gasteiger partial charge in [0.1, 0.15) is 0 Å². The van der Waals surface area contributed by atoms with Gasteiger partial charge in [-0.05, 0) is 74.3 Å². The van der Waals surface area contributed by atoms with E-state index in [0.29, 0.717) is 0 Å². The highest BCUT2D eigenvalue weighted by atomic mass is 16.2. The van der Waals surface area contributed by atoms with E-state index in [2.05, 4.69) is 111 Å². The van der Waals surface area contributed by atoms with Gasteiger partial charge in [0, 0.05) is 24.6 Å². The predicted octanol–water partition coefficient (Wildman–Crippen LogP) is 9.20. The van der Waals surface area contributed by atoms with Crippen molar-refractivity contribution in [3.63, 3.8) is 0 Å². The average Bonchev–Trinajstić information content (AvgIpc) is 3.32. The van der Waals surface area contributed by atoms with Crippen molar-refractivity contribution >= 4 is 27.5 Å². The van der Waals surface area contributed by atoms with Crippen molar-refractivity contribution in [2.24, 2.45) is 0 Å². The molecule has 2 nitrogen and oxygen atoms in total. The summed E-state index contributed by atoms with van der Waals surface area (Å²) in [4.78, 5) is 15.5. The zero-order valence-electron chi connectivity index (χ0n) is 22.4. The molecule has 0 aliphatic heterocycles. The number of rotatable bonds is 8. The highest BCUT2D eigenvalue weighted by molar-refractivity contribution is 6.03. The van der Waals surface area contributed by atoms with Crippen LogP contribution in [-0.2, 0) is 0 Å². The summed E-state index contributed by atoms with van der Waals surface area (Å²) in [5.74, 6) is 0.277. The number of hydrogen-bond acceptors (Lipinski definition) is 1. The van der Waals surface area contributed by atoms with E-state index in [-0.39, 0.29) is 11.8 Å². The van der Waals surface area contributed by atoms with Crippen LogP contribution in [0.1, 0.15) is 72.5 Å². The van der Waals surface area contributed by atoms with E-state index in [9.17, 15) is 4.79 Å². The molecule has 0 N–H and O–H groups in total. The largest absolute Gasteiger partial charge is 0.339 e. The Labute approximate surface area is 225 Å². The first-order chi connectivity index (χ1) is 18.7. The maximum Gasteiger partial charge on any atom is 0.253 e. The van der Waals surface area contributed by atoms with Gasteiger partial charge in [-0.25, -0.2) is 0 Å².